The maximum Gasteiger partial charge on any atom is 0.0851 e. The van der Waals surface area contributed by atoms with Gasteiger partial charge in [0.05, 0.1) is 42.6 Å². The number of likely N-dealkylation sites (tertiary alicyclic amines) is 1. The Hall–Kier alpha value is -1.69. The predicted molar refractivity (Wildman–Crippen MR) is 255 cm³/mol. The first-order valence-corrected chi connectivity index (χ1v) is 27.7. The highest BCUT2D eigenvalue weighted by Gasteiger charge is 2.59. The van der Waals surface area contributed by atoms with E-state index in [2.05, 4.69) is 72.4 Å². The summed E-state index contributed by atoms with van der Waals surface area (Å²) in [5, 5.41) is 19.9. The zero-order valence-corrected chi connectivity index (χ0v) is 40.2. The van der Waals surface area contributed by atoms with Crippen LogP contribution in [0, 0.1) is 82.3 Å². The molecule has 63 heavy (non-hydrogen) atoms. The van der Waals surface area contributed by atoms with Gasteiger partial charge in [0, 0.05) is 42.3 Å². The molecule has 3 heterocycles. The van der Waals surface area contributed by atoms with Crippen molar-refractivity contribution in [2.45, 2.75) is 230 Å². The number of nitrogens with zero attached hydrogens (tertiary/aromatic N) is 3. The van der Waals surface area contributed by atoms with Gasteiger partial charge in [-0.05, 0) is 179 Å². The summed E-state index contributed by atoms with van der Waals surface area (Å²) in [5.41, 5.74) is 12.2. The summed E-state index contributed by atoms with van der Waals surface area (Å²) < 4.78 is 6.72. The molecule has 20 unspecified atom stereocenters. The molecule has 11 rings (SSSR count). The Bertz CT molecular complexity index is 1730. The molecule has 8 aliphatic carbocycles. The van der Waals surface area contributed by atoms with Gasteiger partial charge in [0.2, 0.25) is 0 Å². The Morgan fingerprint density at radius 3 is 2.19 bits per heavy atom. The lowest BCUT2D eigenvalue weighted by atomic mass is 9.64. The molecule has 6 saturated carbocycles. The number of fused-ring (bicyclic) bond motifs is 8. The standard InChI is InChI=1S/C56H88N6O/c1-33-24-35(3)53-45(26-33)46-27-34(2)25-36(4)54(46)62(53)50-30-49(61-47-19-11-8-16-41(47)42-17-9-12-20-48(42)61)39(31-57)28-40(50)32-59-56(37-14-6-5-7-15-37)60-55(58)38-22-23-52-44(29-38)43-18-10-13-21-51(43)63-52/h11,19,28,33-39,42-46,48-56,59-60H,5-10,12-18,20-27,29-30,32,58H2,1-4H3. The summed E-state index contributed by atoms with van der Waals surface area (Å²) in [4.78, 5) is 6.14. The largest absolute Gasteiger partial charge is 0.374 e. The number of ether oxygens (including phenoxy) is 1. The molecule has 11 aliphatic rings. The van der Waals surface area contributed by atoms with E-state index in [0.29, 0.717) is 71.9 Å². The molecule has 0 aromatic rings. The molecule has 3 aliphatic heterocycles. The fourth-order valence-corrected chi connectivity index (χ4v) is 18.5. The Morgan fingerprint density at radius 2 is 1.43 bits per heavy atom. The van der Waals surface area contributed by atoms with Gasteiger partial charge in [-0.25, -0.2) is 0 Å². The summed E-state index contributed by atoms with van der Waals surface area (Å²) in [6, 6.07) is 5.46. The molecular weight excluding hydrogens is 773 g/mol. The zero-order chi connectivity index (χ0) is 42.9. The molecule has 0 aromatic carbocycles. The highest BCUT2D eigenvalue weighted by atomic mass is 16.5. The Kier molecular flexibility index (Phi) is 12.8. The lowest BCUT2D eigenvalue weighted by molar-refractivity contribution is -0.00246. The highest BCUT2D eigenvalue weighted by Crippen LogP contribution is 2.58. The second-order valence-corrected chi connectivity index (χ2v) is 24.6. The van der Waals surface area contributed by atoms with E-state index in [9.17, 15) is 5.26 Å². The Balaban J connectivity index is 0.915. The van der Waals surface area contributed by atoms with E-state index < -0.39 is 0 Å². The van der Waals surface area contributed by atoms with Crippen LogP contribution >= 0.6 is 0 Å². The lowest BCUT2D eigenvalue weighted by Gasteiger charge is -2.51. The van der Waals surface area contributed by atoms with Crippen molar-refractivity contribution >= 4 is 0 Å². The average molecular weight is 861 g/mol. The van der Waals surface area contributed by atoms with Crippen molar-refractivity contribution < 1.29 is 4.74 Å². The molecule has 348 valence electrons. The van der Waals surface area contributed by atoms with Crippen LogP contribution in [-0.2, 0) is 4.74 Å². The van der Waals surface area contributed by atoms with Crippen molar-refractivity contribution in [1.82, 2.24) is 20.4 Å². The summed E-state index contributed by atoms with van der Waals surface area (Å²) in [6.07, 6.45) is 38.6. The fraction of sp³-hybridized carbons (Fsp3) is 0.875. The van der Waals surface area contributed by atoms with Gasteiger partial charge in [0.1, 0.15) is 0 Å². The molecular formula is C56H88N6O. The second-order valence-electron chi connectivity index (χ2n) is 24.6. The van der Waals surface area contributed by atoms with Crippen LogP contribution in [0.2, 0.25) is 0 Å². The third kappa shape index (κ3) is 8.08. The van der Waals surface area contributed by atoms with Crippen LogP contribution in [-0.4, -0.2) is 71.1 Å². The summed E-state index contributed by atoms with van der Waals surface area (Å²) in [6.45, 7) is 11.2. The van der Waals surface area contributed by atoms with E-state index in [-0.39, 0.29) is 24.3 Å². The minimum Gasteiger partial charge on any atom is -0.374 e. The van der Waals surface area contributed by atoms with Crippen molar-refractivity contribution in [3.05, 3.63) is 35.1 Å². The topological polar surface area (TPSA) is 89.6 Å². The summed E-state index contributed by atoms with van der Waals surface area (Å²) >= 11 is 0. The number of hydrogen-bond acceptors (Lipinski definition) is 7. The number of nitriles is 1. The maximum absolute atomic E-state index is 11.4. The van der Waals surface area contributed by atoms with Gasteiger partial charge in [0.25, 0.3) is 0 Å². The van der Waals surface area contributed by atoms with Gasteiger partial charge in [-0.2, -0.15) is 5.26 Å². The first-order chi connectivity index (χ1) is 30.7. The van der Waals surface area contributed by atoms with Gasteiger partial charge >= 0.3 is 0 Å². The number of nitrogens with two attached hydrogens (primary N) is 1. The molecule has 0 radical (unpaired) electrons. The normalized spacial score (nSPS) is 47.4. The third-order valence-electron chi connectivity index (χ3n) is 20.8. The molecule has 0 amide bonds. The van der Waals surface area contributed by atoms with Gasteiger partial charge in [0.15, 0.2) is 0 Å². The number of rotatable bonds is 9. The SMILES string of the molecule is CC1CC(C)C2C(C1)C1CC(C)CC(C)C1N2C1CC(N2C3=C(CCC=C3)C3CCCCC32)C(C#N)C=C1CNC(NC(N)C1CCC2OC3CCCCC3C2C1)C1CCCCC1. The van der Waals surface area contributed by atoms with E-state index in [1.165, 1.54) is 153 Å². The molecule has 8 fully saturated rings. The van der Waals surface area contributed by atoms with E-state index in [4.69, 9.17) is 10.5 Å². The first-order valence-electron chi connectivity index (χ1n) is 27.7. The van der Waals surface area contributed by atoms with Gasteiger partial charge < -0.3 is 15.4 Å². The lowest BCUT2D eigenvalue weighted by Crippen LogP contribution is -2.60. The van der Waals surface area contributed by atoms with E-state index in [0.717, 1.165) is 42.6 Å². The molecule has 0 bridgehead atoms. The van der Waals surface area contributed by atoms with Crippen LogP contribution in [0.25, 0.3) is 0 Å². The average Bonchev–Trinajstić information content (AvgIpc) is 3.95. The first kappa shape index (κ1) is 43.9. The summed E-state index contributed by atoms with van der Waals surface area (Å²) in [5.74, 6) is 7.79. The van der Waals surface area contributed by atoms with Gasteiger partial charge in [-0.15, -0.1) is 0 Å². The smallest absolute Gasteiger partial charge is 0.0851 e. The third-order valence-corrected chi connectivity index (χ3v) is 20.8. The van der Waals surface area contributed by atoms with Crippen LogP contribution in [0.3, 0.4) is 0 Å². The second kappa shape index (κ2) is 18.4. The molecule has 4 N–H and O–H groups in total. The minimum atomic E-state index is -0.0969. The zero-order valence-electron chi connectivity index (χ0n) is 40.2. The van der Waals surface area contributed by atoms with Gasteiger partial charge in [-0.3, -0.25) is 15.5 Å². The monoisotopic (exact) mass is 861 g/mol. The summed E-state index contributed by atoms with van der Waals surface area (Å²) in [7, 11) is 0. The number of hydrogen-bond donors (Lipinski definition) is 3. The Labute approximate surface area is 383 Å². The van der Waals surface area contributed by atoms with Crippen molar-refractivity contribution in [3.63, 3.8) is 0 Å². The van der Waals surface area contributed by atoms with Crippen molar-refractivity contribution in [2.24, 2.45) is 76.7 Å². The van der Waals surface area contributed by atoms with Gasteiger partial charge in [-0.1, -0.05) is 84.8 Å². The van der Waals surface area contributed by atoms with Crippen molar-refractivity contribution in [3.8, 4) is 6.07 Å². The molecule has 0 aromatic heterocycles. The highest BCUT2D eigenvalue weighted by molar-refractivity contribution is 5.39. The van der Waals surface area contributed by atoms with E-state index in [1.807, 2.05) is 0 Å². The molecule has 7 heteroatoms. The quantitative estimate of drug-likeness (QED) is 0.157. The molecule has 7 nitrogen and oxygen atoms in total. The van der Waals surface area contributed by atoms with Crippen molar-refractivity contribution in [2.75, 3.05) is 6.54 Å². The van der Waals surface area contributed by atoms with Crippen LogP contribution < -0.4 is 16.4 Å². The van der Waals surface area contributed by atoms with Crippen molar-refractivity contribution in [1.29, 1.82) is 5.26 Å². The van der Waals surface area contributed by atoms with Crippen LogP contribution in [0.4, 0.5) is 0 Å². The van der Waals surface area contributed by atoms with Crippen LogP contribution in [0.1, 0.15) is 175 Å². The molecule has 2 saturated heterocycles. The maximum atomic E-state index is 11.4. The molecule has 0 spiro atoms. The van der Waals surface area contributed by atoms with E-state index >= 15 is 0 Å². The Morgan fingerprint density at radius 1 is 0.730 bits per heavy atom. The number of nitrogens with one attached hydrogen (secondary N) is 2. The molecule has 20 atom stereocenters. The minimum absolute atomic E-state index is 0.000246. The fourth-order valence-electron chi connectivity index (χ4n) is 18.5. The number of allylic oxidation sites excluding steroid dienone is 2. The van der Waals surface area contributed by atoms with Crippen LogP contribution in [0.5, 0.6) is 0 Å². The predicted octanol–water partition coefficient (Wildman–Crippen LogP) is 10.8. The van der Waals surface area contributed by atoms with Crippen LogP contribution in [0.15, 0.2) is 35.1 Å². The van der Waals surface area contributed by atoms with E-state index in [1.54, 1.807) is 5.57 Å².